The normalized spacial score (nSPS) is 42.2. The fourth-order valence-corrected chi connectivity index (χ4v) is 7.19. The highest BCUT2D eigenvalue weighted by Crippen LogP contribution is 2.46. The second-order valence-corrected chi connectivity index (χ2v) is 12.3. The lowest BCUT2D eigenvalue weighted by Crippen LogP contribution is -2.39. The van der Waals surface area contributed by atoms with Crippen molar-refractivity contribution in [2.24, 2.45) is 41.4 Å². The van der Waals surface area contributed by atoms with E-state index in [1.807, 2.05) is 0 Å². The van der Waals surface area contributed by atoms with E-state index in [-0.39, 0.29) is 6.10 Å². The predicted molar refractivity (Wildman–Crippen MR) is 129 cm³/mol. The Bertz CT molecular complexity index is 570. The van der Waals surface area contributed by atoms with Crippen LogP contribution in [0, 0.1) is 41.4 Å². The Morgan fingerprint density at radius 3 is 1.47 bits per heavy atom. The maximum Gasteiger partial charge on any atom is 0.358 e. The van der Waals surface area contributed by atoms with Gasteiger partial charge in [0.25, 0.3) is 0 Å². The van der Waals surface area contributed by atoms with Crippen molar-refractivity contribution in [1.29, 1.82) is 0 Å². The van der Waals surface area contributed by atoms with Crippen LogP contribution in [0.3, 0.4) is 0 Å². The molecule has 0 aromatic carbocycles. The molecule has 0 radical (unpaired) electrons. The van der Waals surface area contributed by atoms with Crippen LogP contribution in [0.2, 0.25) is 0 Å². The summed E-state index contributed by atoms with van der Waals surface area (Å²) in [5.41, 5.74) is 0. The first kappa shape index (κ1) is 24.7. The number of halogens is 2. The van der Waals surface area contributed by atoms with Crippen LogP contribution < -0.4 is 0 Å². The molecule has 0 aromatic heterocycles. The number of hydrogen-bond donors (Lipinski definition) is 0. The van der Waals surface area contributed by atoms with Gasteiger partial charge in [0.15, 0.2) is 0 Å². The third-order valence-corrected chi connectivity index (χ3v) is 9.73. The lowest BCUT2D eigenvalue weighted by atomic mass is 9.69. The van der Waals surface area contributed by atoms with Crippen LogP contribution in [0.4, 0.5) is 8.78 Å². The molecule has 0 aliphatic heterocycles. The molecule has 0 unspecified atom stereocenters. The molecule has 0 spiro atoms. The molecule has 0 N–H and O–H groups in total. The smallest absolute Gasteiger partial charge is 0.317 e. The molecule has 0 aromatic rings. The van der Waals surface area contributed by atoms with Gasteiger partial charge in [-0.3, -0.25) is 0 Å². The summed E-state index contributed by atoms with van der Waals surface area (Å²) in [6.45, 7) is 4.61. The molecule has 4 aliphatic carbocycles. The van der Waals surface area contributed by atoms with Crippen molar-refractivity contribution >= 4 is 0 Å². The summed E-state index contributed by atoms with van der Waals surface area (Å²) in [6.07, 6.45) is 19.7. The molecule has 0 heterocycles. The van der Waals surface area contributed by atoms with Crippen molar-refractivity contribution in [3.63, 3.8) is 0 Å². The van der Waals surface area contributed by atoms with Crippen LogP contribution in [0.25, 0.3) is 0 Å². The highest BCUT2D eigenvalue weighted by Gasteiger charge is 2.45. The molecule has 0 amide bonds. The summed E-state index contributed by atoms with van der Waals surface area (Å²) >= 11 is 0. The monoisotopic (exact) mass is 450 g/mol. The molecule has 0 saturated heterocycles. The summed E-state index contributed by atoms with van der Waals surface area (Å²) in [4.78, 5) is 0. The van der Waals surface area contributed by atoms with E-state index < -0.39 is 12.0 Å². The third kappa shape index (κ3) is 6.80. The minimum Gasteiger partial charge on any atom is -0.317 e. The van der Waals surface area contributed by atoms with Crippen LogP contribution in [0.5, 0.6) is 0 Å². The molecular weight excluding hydrogens is 402 g/mol. The van der Waals surface area contributed by atoms with Crippen molar-refractivity contribution in [1.82, 2.24) is 0 Å². The zero-order valence-corrected chi connectivity index (χ0v) is 20.8. The van der Waals surface area contributed by atoms with E-state index in [2.05, 4.69) is 26.0 Å². The Morgan fingerprint density at radius 1 is 0.562 bits per heavy atom. The van der Waals surface area contributed by atoms with Crippen molar-refractivity contribution in [3.8, 4) is 0 Å². The van der Waals surface area contributed by atoms with E-state index in [0.717, 1.165) is 62.2 Å². The van der Waals surface area contributed by atoms with Gasteiger partial charge in [0, 0.05) is 0 Å². The van der Waals surface area contributed by atoms with Crippen LogP contribution in [0.1, 0.15) is 117 Å². The minimum absolute atomic E-state index is 0.223. The zero-order valence-electron chi connectivity index (χ0n) is 20.8. The van der Waals surface area contributed by atoms with Crippen molar-refractivity contribution in [2.75, 3.05) is 0 Å². The summed E-state index contributed by atoms with van der Waals surface area (Å²) in [7, 11) is 0. The second-order valence-electron chi connectivity index (χ2n) is 12.3. The fraction of sp³-hybridized carbons (Fsp3) is 0.931. The first-order chi connectivity index (χ1) is 15.4. The summed E-state index contributed by atoms with van der Waals surface area (Å²) in [5, 5.41) is 0. The Kier molecular flexibility index (Phi) is 8.73. The topological polar surface area (TPSA) is 9.23 Å². The van der Waals surface area contributed by atoms with Gasteiger partial charge in [0.1, 0.15) is 0 Å². The van der Waals surface area contributed by atoms with E-state index in [9.17, 15) is 8.78 Å². The number of hydrogen-bond acceptors (Lipinski definition) is 1. The summed E-state index contributed by atoms with van der Waals surface area (Å²) in [5.74, 6) is 4.05. The van der Waals surface area contributed by atoms with Gasteiger partial charge in [-0.05, 0) is 125 Å². The summed E-state index contributed by atoms with van der Waals surface area (Å²) < 4.78 is 35.1. The van der Waals surface area contributed by atoms with Gasteiger partial charge in [0.05, 0.1) is 12.0 Å². The maximum atomic E-state index is 14.8. The highest BCUT2D eigenvalue weighted by molar-refractivity contribution is 4.97. The van der Waals surface area contributed by atoms with Crippen molar-refractivity contribution < 1.29 is 13.5 Å². The molecule has 4 fully saturated rings. The summed E-state index contributed by atoms with van der Waals surface area (Å²) in [6, 6.07) is 0. The third-order valence-electron chi connectivity index (χ3n) is 9.73. The zero-order chi connectivity index (χ0) is 22.6. The van der Waals surface area contributed by atoms with E-state index in [0.29, 0.717) is 24.7 Å². The molecule has 4 aliphatic rings. The number of rotatable bonds is 6. The molecule has 184 valence electrons. The molecular formula is C29H48F2O. The Hall–Kier alpha value is -0.440. The molecule has 0 bridgehead atoms. The van der Waals surface area contributed by atoms with Crippen LogP contribution in [0.15, 0.2) is 12.2 Å². The minimum atomic E-state index is -2.92. The van der Waals surface area contributed by atoms with Gasteiger partial charge in [-0.1, -0.05) is 38.8 Å². The molecule has 4 rings (SSSR count). The first-order valence-electron chi connectivity index (χ1n) is 14.1. The highest BCUT2D eigenvalue weighted by atomic mass is 19.3. The Labute approximate surface area is 196 Å². The molecule has 1 nitrogen and oxygen atoms in total. The SMILES string of the molecule is CC1CCC(/C=C/C2CCC(C3CCC(C(F)(F)OC4CCC(C)CC4)CC3)CC2)CC1. The lowest BCUT2D eigenvalue weighted by molar-refractivity contribution is -0.302. The predicted octanol–water partition coefficient (Wildman–Crippen LogP) is 9.17. The van der Waals surface area contributed by atoms with Gasteiger partial charge in [-0.15, -0.1) is 0 Å². The van der Waals surface area contributed by atoms with Gasteiger partial charge >= 0.3 is 6.11 Å². The van der Waals surface area contributed by atoms with Crippen molar-refractivity contribution in [3.05, 3.63) is 12.2 Å². The van der Waals surface area contributed by atoms with E-state index in [1.54, 1.807) is 0 Å². The first-order valence-corrected chi connectivity index (χ1v) is 14.1. The van der Waals surface area contributed by atoms with E-state index >= 15 is 0 Å². The fourth-order valence-electron chi connectivity index (χ4n) is 7.19. The van der Waals surface area contributed by atoms with Gasteiger partial charge in [0.2, 0.25) is 0 Å². The average molecular weight is 451 g/mol. The maximum absolute atomic E-state index is 14.8. The van der Waals surface area contributed by atoms with Crippen LogP contribution >= 0.6 is 0 Å². The van der Waals surface area contributed by atoms with E-state index in [1.165, 1.54) is 51.4 Å². The molecule has 4 saturated carbocycles. The molecule has 0 atom stereocenters. The number of allylic oxidation sites excluding steroid dienone is 2. The van der Waals surface area contributed by atoms with Gasteiger partial charge in [-0.2, -0.15) is 8.78 Å². The Morgan fingerprint density at radius 2 is 0.969 bits per heavy atom. The average Bonchev–Trinajstić information content (AvgIpc) is 2.81. The quantitative estimate of drug-likeness (QED) is 0.366. The molecule has 32 heavy (non-hydrogen) atoms. The Balaban J connectivity index is 1.16. The van der Waals surface area contributed by atoms with Crippen LogP contribution in [-0.2, 0) is 4.74 Å². The van der Waals surface area contributed by atoms with Crippen LogP contribution in [-0.4, -0.2) is 12.2 Å². The van der Waals surface area contributed by atoms with Crippen molar-refractivity contribution in [2.45, 2.75) is 129 Å². The van der Waals surface area contributed by atoms with E-state index in [4.69, 9.17) is 4.74 Å². The molecule has 3 heteroatoms. The number of alkyl halides is 2. The lowest BCUT2D eigenvalue weighted by Gasteiger charge is -2.40. The van der Waals surface area contributed by atoms with Gasteiger partial charge in [-0.25, -0.2) is 0 Å². The van der Waals surface area contributed by atoms with Gasteiger partial charge < -0.3 is 4.74 Å². The standard InChI is InChI=1S/C29H48F2O/c1-21-3-7-23(8-4-21)9-10-24-11-13-25(14-12-24)26-15-17-27(18-16-26)29(30,31)32-28-19-5-22(2)6-20-28/h9-10,21-28H,3-8,11-20H2,1-2H3/b10-9+. The largest absolute Gasteiger partial charge is 0.358 e. The number of ether oxygens (including phenoxy) is 1. The second kappa shape index (κ2) is 11.3.